The normalized spacial score (nSPS) is 11.7. The maximum atomic E-state index is 13.6. The van der Waals surface area contributed by atoms with Crippen LogP contribution in [-0.2, 0) is 22.3 Å². The summed E-state index contributed by atoms with van der Waals surface area (Å²) in [6.07, 6.45) is -3.62. The van der Waals surface area contributed by atoms with Crippen LogP contribution in [0.15, 0.2) is 24.4 Å². The van der Waals surface area contributed by atoms with E-state index in [1.807, 2.05) is 0 Å². The molecule has 0 amide bonds. The van der Waals surface area contributed by atoms with Crippen LogP contribution in [0.5, 0.6) is 0 Å². The lowest BCUT2D eigenvalue weighted by atomic mass is 10.0. The molecule has 3 rings (SSSR count). The van der Waals surface area contributed by atoms with Crippen LogP contribution >= 0.6 is 34.2 Å². The van der Waals surface area contributed by atoms with Crippen LogP contribution in [0.4, 0.5) is 13.2 Å². The van der Waals surface area contributed by atoms with Crippen LogP contribution in [0.3, 0.4) is 0 Å². The van der Waals surface area contributed by atoms with Gasteiger partial charge in [0.15, 0.2) is 0 Å². The van der Waals surface area contributed by atoms with E-state index < -0.39 is 34.2 Å². The van der Waals surface area contributed by atoms with Crippen LogP contribution in [0.2, 0.25) is 5.02 Å². The van der Waals surface area contributed by atoms with Crippen molar-refractivity contribution in [1.82, 2.24) is 14.8 Å². The Hall–Kier alpha value is -2.25. The molecule has 0 saturated heterocycles. The highest BCUT2D eigenvalue weighted by molar-refractivity contribution is 14.1. The van der Waals surface area contributed by atoms with Crippen molar-refractivity contribution in [3.05, 3.63) is 55.4 Å². The summed E-state index contributed by atoms with van der Waals surface area (Å²) in [6, 6.07) is 3.18. The molecule has 0 N–H and O–H groups in total. The largest absolute Gasteiger partial charge is 0.465 e. The smallest absolute Gasteiger partial charge is 0.417 e. The molecule has 0 aliphatic rings. The van der Waals surface area contributed by atoms with Gasteiger partial charge in [0.2, 0.25) is 0 Å². The molecule has 30 heavy (non-hydrogen) atoms. The molecule has 0 spiro atoms. The van der Waals surface area contributed by atoms with E-state index in [0.717, 1.165) is 23.9 Å². The average Bonchev–Trinajstić information content (AvgIpc) is 3.03. The second kappa shape index (κ2) is 8.47. The molecular weight excluding hydrogens is 542 g/mol. The van der Waals surface area contributed by atoms with Gasteiger partial charge in [0.25, 0.3) is 5.91 Å². The number of nitrogens with zero attached hydrogens (tertiary/aromatic N) is 3. The lowest BCUT2D eigenvalue weighted by molar-refractivity contribution is -0.137. The Morgan fingerprint density at radius 3 is 2.57 bits per heavy atom. The molecule has 7 nitrogen and oxygen atoms in total. The van der Waals surface area contributed by atoms with Gasteiger partial charge in [-0.2, -0.15) is 23.0 Å². The Morgan fingerprint density at radius 1 is 1.27 bits per heavy atom. The molecule has 0 saturated carbocycles. The number of ether oxygens (including phenoxy) is 2. The molecular formula is C18H12ClF3IN3O4. The number of carbonyl (C=O) groups is 2. The Kier molecular flexibility index (Phi) is 6.34. The summed E-state index contributed by atoms with van der Waals surface area (Å²) >= 11 is 7.96. The number of alkyl halides is 3. The fourth-order valence-electron chi connectivity index (χ4n) is 2.78. The average molecular weight is 554 g/mol. The number of methoxy groups -OCH3 is 2. The summed E-state index contributed by atoms with van der Waals surface area (Å²) in [5.74, 6) is -1.85. The second-order valence-corrected chi connectivity index (χ2v) is 7.38. The van der Waals surface area contributed by atoms with Crippen LogP contribution in [-0.4, -0.2) is 40.9 Å². The molecule has 158 valence electrons. The van der Waals surface area contributed by atoms with E-state index >= 15 is 0 Å². The SMILES string of the molecule is COCc1ccc(C(F)(F)F)c(C(=O)n2nc(I)c3ncc(C(=O)OC)cc32)c1Cl. The van der Waals surface area contributed by atoms with Crippen molar-refractivity contribution in [2.75, 3.05) is 14.2 Å². The fraction of sp³-hybridized carbons (Fsp3) is 0.222. The molecule has 2 aromatic heterocycles. The van der Waals surface area contributed by atoms with Gasteiger partial charge < -0.3 is 9.47 Å². The van der Waals surface area contributed by atoms with Gasteiger partial charge in [-0.15, -0.1) is 0 Å². The van der Waals surface area contributed by atoms with Gasteiger partial charge in [-0.05, 0) is 40.3 Å². The first-order valence-electron chi connectivity index (χ1n) is 8.15. The van der Waals surface area contributed by atoms with Crippen LogP contribution < -0.4 is 0 Å². The van der Waals surface area contributed by atoms with Crippen molar-refractivity contribution in [2.45, 2.75) is 12.8 Å². The lowest BCUT2D eigenvalue weighted by Gasteiger charge is -2.16. The number of hydrogen-bond acceptors (Lipinski definition) is 6. The minimum atomic E-state index is -4.84. The zero-order valence-electron chi connectivity index (χ0n) is 15.4. The Bertz CT molecular complexity index is 1160. The number of benzene rings is 1. The predicted molar refractivity (Wildman–Crippen MR) is 108 cm³/mol. The molecule has 2 heterocycles. The van der Waals surface area contributed by atoms with Crippen molar-refractivity contribution < 1.29 is 32.2 Å². The zero-order chi connectivity index (χ0) is 22.2. The molecule has 0 aliphatic heterocycles. The number of hydrogen-bond donors (Lipinski definition) is 0. The summed E-state index contributed by atoms with van der Waals surface area (Å²) in [4.78, 5) is 29.1. The molecule has 3 aromatic rings. The molecule has 12 heteroatoms. The summed E-state index contributed by atoms with van der Waals surface area (Å²) in [5.41, 5.74) is -1.51. The molecule has 0 aliphatic carbocycles. The topological polar surface area (TPSA) is 83.3 Å². The van der Waals surface area contributed by atoms with Crippen LogP contribution in [0, 0.1) is 3.70 Å². The molecule has 0 radical (unpaired) electrons. The number of halogens is 5. The Labute approximate surface area is 186 Å². The molecule has 1 aromatic carbocycles. The van der Waals surface area contributed by atoms with E-state index in [4.69, 9.17) is 16.3 Å². The number of pyridine rings is 1. The van der Waals surface area contributed by atoms with Crippen molar-refractivity contribution in [1.29, 1.82) is 0 Å². The maximum absolute atomic E-state index is 13.6. The fourth-order valence-corrected chi connectivity index (χ4v) is 3.72. The molecule has 0 atom stereocenters. The minimum absolute atomic E-state index is 0.00521. The van der Waals surface area contributed by atoms with Gasteiger partial charge in [0.1, 0.15) is 9.22 Å². The number of aromatic nitrogens is 3. The summed E-state index contributed by atoms with van der Waals surface area (Å²) in [5, 5.41) is 3.62. The van der Waals surface area contributed by atoms with Gasteiger partial charge in [-0.25, -0.2) is 4.79 Å². The highest BCUT2D eigenvalue weighted by Gasteiger charge is 2.38. The molecule has 0 fully saturated rings. The minimum Gasteiger partial charge on any atom is -0.465 e. The standard InChI is InChI=1S/C18H12ClF3IN3O4/c1-29-7-8-3-4-10(18(20,21)22)12(13(8)19)16(27)26-11-5-9(17(28)30-2)6-24-14(11)15(23)25-26/h3-6H,7H2,1-2H3. The molecule has 0 bridgehead atoms. The number of carbonyl (C=O) groups excluding carboxylic acids is 2. The quantitative estimate of drug-likeness (QED) is 0.353. The number of rotatable bonds is 4. The van der Waals surface area contributed by atoms with Gasteiger partial charge in [-0.3, -0.25) is 9.78 Å². The summed E-state index contributed by atoms with van der Waals surface area (Å²) < 4.78 is 51.4. The summed E-state index contributed by atoms with van der Waals surface area (Å²) in [7, 11) is 2.51. The third-order valence-electron chi connectivity index (χ3n) is 4.13. The van der Waals surface area contributed by atoms with Crippen molar-refractivity contribution in [3.8, 4) is 0 Å². The van der Waals surface area contributed by atoms with E-state index in [1.165, 1.54) is 19.4 Å². The van der Waals surface area contributed by atoms with Crippen molar-refractivity contribution in [3.63, 3.8) is 0 Å². The first-order valence-corrected chi connectivity index (χ1v) is 9.60. The van der Waals surface area contributed by atoms with E-state index in [2.05, 4.69) is 14.8 Å². The predicted octanol–water partition coefficient (Wildman–Crippen LogP) is 4.33. The van der Waals surface area contributed by atoms with Crippen molar-refractivity contribution >= 4 is 57.1 Å². The third-order valence-corrected chi connectivity index (χ3v) is 5.29. The molecule has 0 unspecified atom stereocenters. The third kappa shape index (κ3) is 4.01. The second-order valence-electron chi connectivity index (χ2n) is 5.98. The van der Waals surface area contributed by atoms with E-state index in [0.29, 0.717) is 0 Å². The van der Waals surface area contributed by atoms with Crippen molar-refractivity contribution in [2.24, 2.45) is 0 Å². The van der Waals surface area contributed by atoms with Gasteiger partial charge in [-0.1, -0.05) is 17.7 Å². The van der Waals surface area contributed by atoms with E-state index in [-0.39, 0.29) is 32.5 Å². The van der Waals surface area contributed by atoms with Crippen LogP contribution in [0.1, 0.15) is 31.8 Å². The highest BCUT2D eigenvalue weighted by Crippen LogP contribution is 2.37. The Morgan fingerprint density at radius 2 is 1.97 bits per heavy atom. The van der Waals surface area contributed by atoms with Gasteiger partial charge in [0.05, 0.1) is 40.9 Å². The first kappa shape index (κ1) is 22.4. The van der Waals surface area contributed by atoms with E-state index in [1.54, 1.807) is 22.6 Å². The van der Waals surface area contributed by atoms with Crippen LogP contribution in [0.25, 0.3) is 11.0 Å². The van der Waals surface area contributed by atoms with Gasteiger partial charge in [0, 0.05) is 13.3 Å². The first-order chi connectivity index (χ1) is 14.1. The monoisotopic (exact) mass is 553 g/mol. The van der Waals surface area contributed by atoms with E-state index in [9.17, 15) is 22.8 Å². The lowest BCUT2D eigenvalue weighted by Crippen LogP contribution is -2.21. The Balaban J connectivity index is 2.27. The van der Waals surface area contributed by atoms with Gasteiger partial charge >= 0.3 is 12.1 Å². The highest BCUT2D eigenvalue weighted by atomic mass is 127. The zero-order valence-corrected chi connectivity index (χ0v) is 18.3. The maximum Gasteiger partial charge on any atom is 0.417 e. The number of fused-ring (bicyclic) bond motifs is 1. The summed E-state index contributed by atoms with van der Waals surface area (Å²) in [6.45, 7) is -0.0946. The number of esters is 1.